The summed E-state index contributed by atoms with van der Waals surface area (Å²) in [4.78, 5) is 6.22. The fourth-order valence-corrected chi connectivity index (χ4v) is 2.39. The van der Waals surface area contributed by atoms with E-state index in [1.807, 2.05) is 18.3 Å². The van der Waals surface area contributed by atoms with Crippen LogP contribution >= 0.6 is 27.7 Å². The summed E-state index contributed by atoms with van der Waals surface area (Å²) in [6, 6.07) is 3.97. The first kappa shape index (κ1) is 9.98. The smallest absolute Gasteiger partial charge is 0.156 e. The van der Waals surface area contributed by atoms with Gasteiger partial charge in [0.2, 0.25) is 0 Å². The van der Waals surface area contributed by atoms with Gasteiger partial charge >= 0.3 is 0 Å². The normalized spacial score (nSPS) is 16.4. The van der Waals surface area contributed by atoms with Crippen LogP contribution in [0, 0.1) is 5.41 Å². The van der Waals surface area contributed by atoms with E-state index in [0.29, 0.717) is 5.17 Å². The van der Waals surface area contributed by atoms with Crippen molar-refractivity contribution < 1.29 is 0 Å². The second-order valence-electron chi connectivity index (χ2n) is 3.06. The second-order valence-corrected chi connectivity index (χ2v) is 4.96. The Kier molecular flexibility index (Phi) is 3.08. The maximum Gasteiger partial charge on any atom is 0.156 e. The molecule has 0 unspecified atom stereocenters. The molecule has 1 aliphatic heterocycles. The Labute approximate surface area is 95.5 Å². The van der Waals surface area contributed by atoms with Gasteiger partial charge in [-0.25, -0.2) is 4.98 Å². The molecule has 1 N–H and O–H groups in total. The maximum absolute atomic E-state index is 7.66. The molecular weight excluding hydrogens is 262 g/mol. The lowest BCUT2D eigenvalue weighted by molar-refractivity contribution is 0.454. The molecule has 1 saturated heterocycles. The van der Waals surface area contributed by atoms with E-state index >= 15 is 0 Å². The molecule has 0 atom stereocenters. The van der Waals surface area contributed by atoms with Crippen molar-refractivity contribution in [2.24, 2.45) is 0 Å². The predicted molar refractivity (Wildman–Crippen MR) is 62.5 cm³/mol. The molecule has 0 aliphatic carbocycles. The fraction of sp³-hybridized carbons (Fsp3) is 0.333. The highest BCUT2D eigenvalue weighted by Gasteiger charge is 2.17. The average Bonchev–Trinajstić information content (AvgIpc) is 2.56. The van der Waals surface area contributed by atoms with Crippen molar-refractivity contribution in [3.05, 3.63) is 28.5 Å². The molecule has 0 amide bonds. The van der Waals surface area contributed by atoms with Gasteiger partial charge in [0, 0.05) is 25.0 Å². The fourth-order valence-electron chi connectivity index (χ4n) is 1.32. The van der Waals surface area contributed by atoms with Gasteiger partial charge in [0.1, 0.15) is 4.60 Å². The minimum atomic E-state index is 0.674. The summed E-state index contributed by atoms with van der Waals surface area (Å²) in [6.45, 7) is 1.77. The first-order valence-corrected chi connectivity index (χ1v) is 6.10. The highest BCUT2D eigenvalue weighted by atomic mass is 79.9. The van der Waals surface area contributed by atoms with Gasteiger partial charge in [-0.1, -0.05) is 17.8 Å². The molecule has 2 rings (SSSR count). The zero-order chi connectivity index (χ0) is 9.97. The lowest BCUT2D eigenvalue weighted by Crippen LogP contribution is -2.22. The van der Waals surface area contributed by atoms with Gasteiger partial charge in [0.05, 0.1) is 0 Å². The van der Waals surface area contributed by atoms with E-state index in [9.17, 15) is 0 Å². The molecule has 0 spiro atoms. The third-order valence-electron chi connectivity index (χ3n) is 2.05. The Hall–Kier alpha value is -0.550. The largest absolute Gasteiger partial charge is 0.346 e. The molecule has 0 aromatic carbocycles. The lowest BCUT2D eigenvalue weighted by atomic mass is 10.3. The van der Waals surface area contributed by atoms with Crippen molar-refractivity contribution in [1.82, 2.24) is 9.88 Å². The summed E-state index contributed by atoms with van der Waals surface area (Å²) in [5, 5.41) is 8.33. The summed E-state index contributed by atoms with van der Waals surface area (Å²) in [5.74, 6) is 1.03. The third-order valence-corrected chi connectivity index (χ3v) is 3.44. The Morgan fingerprint density at radius 1 is 1.57 bits per heavy atom. The third kappa shape index (κ3) is 2.27. The lowest BCUT2D eigenvalue weighted by Gasteiger charge is -2.15. The van der Waals surface area contributed by atoms with Crippen LogP contribution in [0.15, 0.2) is 22.9 Å². The van der Waals surface area contributed by atoms with Crippen LogP contribution in [-0.2, 0) is 6.54 Å². The van der Waals surface area contributed by atoms with Gasteiger partial charge in [0.25, 0.3) is 0 Å². The molecule has 1 aliphatic rings. The molecule has 5 heteroatoms. The number of rotatable bonds is 2. The highest BCUT2D eigenvalue weighted by molar-refractivity contribution is 9.10. The van der Waals surface area contributed by atoms with Crippen LogP contribution in [0.4, 0.5) is 0 Å². The maximum atomic E-state index is 7.66. The SMILES string of the molecule is N=C1SCCN1Cc1ccc(Br)nc1. The number of hydrogen-bond acceptors (Lipinski definition) is 3. The Balaban J connectivity index is 2.03. The molecule has 0 radical (unpaired) electrons. The standard InChI is InChI=1S/C9H10BrN3S/c10-8-2-1-7(5-12-8)6-13-3-4-14-9(13)11/h1-2,5,11H,3-4,6H2. The van der Waals surface area contributed by atoms with Crippen LogP contribution in [0.1, 0.15) is 5.56 Å². The molecule has 74 valence electrons. The molecule has 1 aromatic heterocycles. The molecule has 3 nitrogen and oxygen atoms in total. The van der Waals surface area contributed by atoms with Crippen molar-refractivity contribution in [3.8, 4) is 0 Å². The van der Waals surface area contributed by atoms with Gasteiger partial charge in [-0.2, -0.15) is 0 Å². The summed E-state index contributed by atoms with van der Waals surface area (Å²) < 4.78 is 0.854. The van der Waals surface area contributed by atoms with Crippen molar-refractivity contribution in [3.63, 3.8) is 0 Å². The second kappa shape index (κ2) is 4.31. The van der Waals surface area contributed by atoms with Crippen LogP contribution < -0.4 is 0 Å². The van der Waals surface area contributed by atoms with Gasteiger partial charge in [-0.3, -0.25) is 5.41 Å². The van der Waals surface area contributed by atoms with Crippen molar-refractivity contribution in [1.29, 1.82) is 5.41 Å². The molecule has 0 saturated carbocycles. The molecule has 1 fully saturated rings. The van der Waals surface area contributed by atoms with Crippen molar-refractivity contribution in [2.45, 2.75) is 6.54 Å². The summed E-state index contributed by atoms with van der Waals surface area (Å²) >= 11 is 4.91. The number of hydrogen-bond donors (Lipinski definition) is 1. The van der Waals surface area contributed by atoms with Gasteiger partial charge in [-0.15, -0.1) is 0 Å². The molecule has 2 heterocycles. The number of amidine groups is 1. The molecular formula is C9H10BrN3S. The van der Waals surface area contributed by atoms with Crippen LogP contribution in [0.2, 0.25) is 0 Å². The molecule has 1 aromatic rings. The Morgan fingerprint density at radius 3 is 3.00 bits per heavy atom. The zero-order valence-electron chi connectivity index (χ0n) is 7.53. The first-order valence-electron chi connectivity index (χ1n) is 4.32. The summed E-state index contributed by atoms with van der Waals surface area (Å²) in [7, 11) is 0. The van der Waals surface area contributed by atoms with E-state index in [1.54, 1.807) is 11.8 Å². The van der Waals surface area contributed by atoms with Crippen LogP contribution in [0.25, 0.3) is 0 Å². The minimum Gasteiger partial charge on any atom is -0.346 e. The average molecular weight is 272 g/mol. The van der Waals surface area contributed by atoms with Crippen molar-refractivity contribution in [2.75, 3.05) is 12.3 Å². The minimum absolute atomic E-state index is 0.674. The summed E-state index contributed by atoms with van der Waals surface area (Å²) in [6.07, 6.45) is 1.85. The van der Waals surface area contributed by atoms with Crippen molar-refractivity contribution >= 4 is 32.9 Å². The summed E-state index contributed by atoms with van der Waals surface area (Å²) in [5.41, 5.74) is 1.15. The zero-order valence-corrected chi connectivity index (χ0v) is 9.94. The Morgan fingerprint density at radius 2 is 2.43 bits per heavy atom. The van der Waals surface area contributed by atoms with Gasteiger partial charge in [-0.05, 0) is 27.6 Å². The van der Waals surface area contributed by atoms with E-state index < -0.39 is 0 Å². The van der Waals surface area contributed by atoms with E-state index in [-0.39, 0.29) is 0 Å². The number of pyridine rings is 1. The highest BCUT2D eigenvalue weighted by Crippen LogP contribution is 2.18. The Bertz CT molecular complexity index is 338. The van der Waals surface area contributed by atoms with Crippen LogP contribution in [0.3, 0.4) is 0 Å². The van der Waals surface area contributed by atoms with E-state index in [4.69, 9.17) is 5.41 Å². The number of nitrogens with zero attached hydrogens (tertiary/aromatic N) is 2. The molecule has 0 bridgehead atoms. The number of halogens is 1. The van der Waals surface area contributed by atoms with E-state index in [0.717, 1.165) is 29.0 Å². The topological polar surface area (TPSA) is 40.0 Å². The molecule has 14 heavy (non-hydrogen) atoms. The number of nitrogens with one attached hydrogen (secondary N) is 1. The van der Waals surface area contributed by atoms with Gasteiger partial charge in [0.15, 0.2) is 5.17 Å². The number of thioether (sulfide) groups is 1. The van der Waals surface area contributed by atoms with E-state index in [1.165, 1.54) is 0 Å². The monoisotopic (exact) mass is 271 g/mol. The quantitative estimate of drug-likeness (QED) is 0.840. The van der Waals surface area contributed by atoms with Gasteiger partial charge < -0.3 is 4.90 Å². The number of aromatic nitrogens is 1. The van der Waals surface area contributed by atoms with Crippen LogP contribution in [-0.4, -0.2) is 27.3 Å². The van der Waals surface area contributed by atoms with Crippen LogP contribution in [0.5, 0.6) is 0 Å². The predicted octanol–water partition coefficient (Wildman–Crippen LogP) is 2.33. The van der Waals surface area contributed by atoms with E-state index in [2.05, 4.69) is 25.8 Å². The first-order chi connectivity index (χ1) is 6.75.